The Morgan fingerprint density at radius 2 is 2.20 bits per heavy atom. The fraction of sp³-hybridized carbons (Fsp3) is 0.333. The van der Waals surface area contributed by atoms with Crippen LogP contribution in [0.3, 0.4) is 0 Å². The number of halogens is 1. The van der Waals surface area contributed by atoms with Crippen LogP contribution >= 0.6 is 15.9 Å². The fourth-order valence-corrected chi connectivity index (χ4v) is 1.68. The van der Waals surface area contributed by atoms with Crippen molar-refractivity contribution < 1.29 is 9.47 Å². The molecule has 0 amide bonds. The molecule has 0 aliphatic carbocycles. The third-order valence-electron chi connectivity index (χ3n) is 2.19. The largest absolute Gasteiger partial charge is 0.463 e. The second-order valence-electron chi connectivity index (χ2n) is 3.83. The van der Waals surface area contributed by atoms with Gasteiger partial charge in [-0.25, -0.2) is 0 Å². The van der Waals surface area contributed by atoms with E-state index in [0.29, 0.717) is 6.61 Å². The molecule has 15 heavy (non-hydrogen) atoms. The van der Waals surface area contributed by atoms with Gasteiger partial charge in [-0.15, -0.1) is 0 Å². The maximum Gasteiger partial charge on any atom is 0.205 e. The van der Waals surface area contributed by atoms with Crippen LogP contribution in [0.1, 0.15) is 25.0 Å². The van der Waals surface area contributed by atoms with Crippen LogP contribution in [0.4, 0.5) is 0 Å². The van der Waals surface area contributed by atoms with Gasteiger partial charge in [-0.1, -0.05) is 12.0 Å². The molecular weight excluding hydrogens is 256 g/mol. The minimum absolute atomic E-state index is 0.548. The summed E-state index contributed by atoms with van der Waals surface area (Å²) in [6.07, 6.45) is 0. The molecule has 1 heterocycles. The Hall–Kier alpha value is -0.980. The summed E-state index contributed by atoms with van der Waals surface area (Å²) in [7, 11) is 0. The van der Waals surface area contributed by atoms with Crippen molar-refractivity contribution in [3.05, 3.63) is 29.3 Å². The predicted octanol–water partition coefficient (Wildman–Crippen LogP) is 3.04. The molecule has 2 rings (SSSR count). The van der Waals surface area contributed by atoms with E-state index >= 15 is 0 Å². The van der Waals surface area contributed by atoms with Crippen LogP contribution in [0, 0.1) is 10.8 Å². The zero-order valence-corrected chi connectivity index (χ0v) is 10.2. The molecule has 1 aliphatic rings. The zero-order valence-electron chi connectivity index (χ0n) is 8.63. The average Bonchev–Trinajstić information content (AvgIpc) is 2.16. The molecule has 78 valence electrons. The van der Waals surface area contributed by atoms with Gasteiger partial charge in [-0.05, 0) is 17.0 Å². The number of hydrogen-bond acceptors (Lipinski definition) is 2. The molecule has 0 atom stereocenters. The summed E-state index contributed by atoms with van der Waals surface area (Å²) in [6.45, 7) is 4.39. The standard InChI is InChI=1S/C12H11BrO2/c1-12(2)14-8-10-4-3-9(5-6-13)7-11(10)15-12/h3-4,7H,8H2,1-2H3. The van der Waals surface area contributed by atoms with Crippen LogP contribution in [0.5, 0.6) is 5.75 Å². The highest BCUT2D eigenvalue weighted by atomic mass is 79.9. The molecule has 0 saturated heterocycles. The number of benzene rings is 1. The van der Waals surface area contributed by atoms with Gasteiger partial charge < -0.3 is 9.47 Å². The monoisotopic (exact) mass is 266 g/mol. The van der Waals surface area contributed by atoms with Gasteiger partial charge in [0.05, 0.1) is 6.61 Å². The van der Waals surface area contributed by atoms with Gasteiger partial charge in [0.1, 0.15) is 5.75 Å². The number of fused-ring (bicyclic) bond motifs is 1. The minimum Gasteiger partial charge on any atom is -0.463 e. The third-order valence-corrected chi connectivity index (χ3v) is 2.39. The highest BCUT2D eigenvalue weighted by molar-refractivity contribution is 9.12. The average molecular weight is 267 g/mol. The first kappa shape index (κ1) is 10.5. The maximum absolute atomic E-state index is 5.70. The van der Waals surface area contributed by atoms with Crippen LogP contribution in [-0.2, 0) is 11.3 Å². The van der Waals surface area contributed by atoms with Gasteiger partial charge in [-0.2, -0.15) is 0 Å². The van der Waals surface area contributed by atoms with Crippen LogP contribution in [0.15, 0.2) is 18.2 Å². The van der Waals surface area contributed by atoms with Gasteiger partial charge in [0.15, 0.2) is 0 Å². The van der Waals surface area contributed by atoms with E-state index in [2.05, 4.69) is 26.7 Å². The van der Waals surface area contributed by atoms with Gasteiger partial charge in [0, 0.05) is 40.9 Å². The Balaban J connectivity index is 2.37. The molecule has 0 N–H and O–H groups in total. The molecule has 1 aromatic carbocycles. The summed E-state index contributed by atoms with van der Waals surface area (Å²) in [6, 6.07) is 5.88. The zero-order chi connectivity index (χ0) is 10.9. The number of ether oxygens (including phenoxy) is 2. The van der Waals surface area contributed by atoms with E-state index in [0.717, 1.165) is 16.9 Å². The SMILES string of the molecule is CC1(C)OCc2ccc(C#CBr)cc2O1. The summed E-state index contributed by atoms with van der Waals surface area (Å²) < 4.78 is 11.2. The van der Waals surface area contributed by atoms with E-state index in [1.807, 2.05) is 32.0 Å². The lowest BCUT2D eigenvalue weighted by Crippen LogP contribution is -2.35. The van der Waals surface area contributed by atoms with E-state index in [1.54, 1.807) is 0 Å². The molecule has 0 fully saturated rings. The normalized spacial score (nSPS) is 17.0. The quantitative estimate of drug-likeness (QED) is 0.673. The Morgan fingerprint density at radius 1 is 1.40 bits per heavy atom. The smallest absolute Gasteiger partial charge is 0.205 e. The molecule has 0 bridgehead atoms. The summed E-state index contributed by atoms with van der Waals surface area (Å²) in [5, 5.41) is 0. The highest BCUT2D eigenvalue weighted by Crippen LogP contribution is 2.31. The van der Waals surface area contributed by atoms with Crippen molar-refractivity contribution in [2.75, 3.05) is 0 Å². The van der Waals surface area contributed by atoms with E-state index in [1.165, 1.54) is 0 Å². The Kier molecular flexibility index (Phi) is 2.72. The minimum atomic E-state index is -0.548. The highest BCUT2D eigenvalue weighted by Gasteiger charge is 2.27. The van der Waals surface area contributed by atoms with Crippen molar-refractivity contribution in [3.8, 4) is 16.5 Å². The Labute approximate surface area is 97.7 Å². The predicted molar refractivity (Wildman–Crippen MR) is 61.7 cm³/mol. The molecule has 1 aromatic rings. The first-order valence-electron chi connectivity index (χ1n) is 4.68. The maximum atomic E-state index is 5.70. The van der Waals surface area contributed by atoms with E-state index < -0.39 is 5.79 Å². The first-order valence-corrected chi connectivity index (χ1v) is 5.47. The van der Waals surface area contributed by atoms with Crippen molar-refractivity contribution in [3.63, 3.8) is 0 Å². The summed E-state index contributed by atoms with van der Waals surface area (Å²) in [4.78, 5) is 2.69. The van der Waals surface area contributed by atoms with Crippen LogP contribution in [0.2, 0.25) is 0 Å². The summed E-state index contributed by atoms with van der Waals surface area (Å²) in [5.41, 5.74) is 2.00. The summed E-state index contributed by atoms with van der Waals surface area (Å²) in [5.74, 6) is 3.24. The molecule has 3 heteroatoms. The second-order valence-corrected chi connectivity index (χ2v) is 4.23. The molecule has 0 saturated carbocycles. The van der Waals surface area contributed by atoms with E-state index in [4.69, 9.17) is 9.47 Å². The van der Waals surface area contributed by atoms with E-state index in [-0.39, 0.29) is 0 Å². The molecule has 0 radical (unpaired) electrons. The first-order chi connectivity index (χ1) is 7.11. The number of hydrogen-bond donors (Lipinski definition) is 0. The molecule has 0 spiro atoms. The lowest BCUT2D eigenvalue weighted by atomic mass is 10.1. The van der Waals surface area contributed by atoms with Crippen LogP contribution in [0.25, 0.3) is 0 Å². The van der Waals surface area contributed by atoms with Crippen molar-refractivity contribution in [1.82, 2.24) is 0 Å². The van der Waals surface area contributed by atoms with Crippen molar-refractivity contribution in [2.24, 2.45) is 0 Å². The third kappa shape index (κ3) is 2.34. The van der Waals surface area contributed by atoms with Crippen LogP contribution < -0.4 is 4.74 Å². The van der Waals surface area contributed by atoms with Gasteiger partial charge in [-0.3, -0.25) is 0 Å². The van der Waals surface area contributed by atoms with Crippen LogP contribution in [-0.4, -0.2) is 5.79 Å². The van der Waals surface area contributed by atoms with E-state index in [9.17, 15) is 0 Å². The second kappa shape index (κ2) is 3.88. The number of rotatable bonds is 0. The van der Waals surface area contributed by atoms with Crippen molar-refractivity contribution in [1.29, 1.82) is 0 Å². The lowest BCUT2D eigenvalue weighted by Gasteiger charge is -2.32. The Bertz CT molecular complexity index is 441. The molecule has 0 aromatic heterocycles. The van der Waals surface area contributed by atoms with Crippen molar-refractivity contribution in [2.45, 2.75) is 26.2 Å². The van der Waals surface area contributed by atoms with Crippen molar-refractivity contribution >= 4 is 15.9 Å². The topological polar surface area (TPSA) is 18.5 Å². The van der Waals surface area contributed by atoms with Gasteiger partial charge in [0.25, 0.3) is 0 Å². The Morgan fingerprint density at radius 3 is 2.93 bits per heavy atom. The van der Waals surface area contributed by atoms with Gasteiger partial charge >= 0.3 is 0 Å². The lowest BCUT2D eigenvalue weighted by molar-refractivity contribution is -0.180. The molecule has 2 nitrogen and oxygen atoms in total. The molecule has 1 aliphatic heterocycles. The fourth-order valence-electron chi connectivity index (χ4n) is 1.45. The summed E-state index contributed by atoms with van der Waals surface area (Å²) >= 11 is 3.08. The molecular formula is C12H11BrO2. The molecule has 0 unspecified atom stereocenters. The van der Waals surface area contributed by atoms with Gasteiger partial charge in [0.2, 0.25) is 5.79 Å².